The van der Waals surface area contributed by atoms with Crippen LogP contribution >= 0.6 is 0 Å². The summed E-state index contributed by atoms with van der Waals surface area (Å²) < 4.78 is 44.1. The van der Waals surface area contributed by atoms with Crippen molar-refractivity contribution in [2.75, 3.05) is 6.61 Å². The molecule has 2 N–H and O–H groups in total. The number of carbonyl (C=O) groups is 2. The number of amides is 1. The number of benzene rings is 4. The molecule has 1 amide bonds. The first-order valence-corrected chi connectivity index (χ1v) is 12.3. The van der Waals surface area contributed by atoms with E-state index in [1.807, 2.05) is 48.5 Å². The van der Waals surface area contributed by atoms with Crippen LogP contribution in [-0.2, 0) is 22.1 Å². The normalized spacial score (nSPS) is 13.3. The van der Waals surface area contributed by atoms with Crippen molar-refractivity contribution in [3.05, 3.63) is 119 Å². The Morgan fingerprint density at radius 2 is 1.44 bits per heavy atom. The van der Waals surface area contributed by atoms with Crippen molar-refractivity contribution in [1.29, 1.82) is 0 Å². The Hall–Kier alpha value is -4.59. The van der Waals surface area contributed by atoms with Gasteiger partial charge in [0.2, 0.25) is 0 Å². The van der Waals surface area contributed by atoms with Crippen LogP contribution < -0.4 is 5.32 Å². The molecule has 8 heteroatoms. The first-order valence-electron chi connectivity index (χ1n) is 12.3. The Bertz CT molecular complexity index is 1470. The molecule has 0 bridgehead atoms. The van der Waals surface area contributed by atoms with Crippen molar-refractivity contribution >= 4 is 12.1 Å². The van der Waals surface area contributed by atoms with Crippen LogP contribution in [0.15, 0.2) is 97.1 Å². The highest BCUT2D eigenvalue weighted by atomic mass is 19.4. The van der Waals surface area contributed by atoms with Crippen molar-refractivity contribution in [2.45, 2.75) is 24.6 Å². The van der Waals surface area contributed by atoms with E-state index >= 15 is 0 Å². The average Bonchev–Trinajstić information content (AvgIpc) is 3.25. The maximum Gasteiger partial charge on any atom is 0.416 e. The number of carbonyl (C=O) groups excluding carboxylic acids is 1. The average molecular weight is 532 g/mol. The van der Waals surface area contributed by atoms with Crippen LogP contribution in [0.2, 0.25) is 0 Å². The fraction of sp³-hybridized carbons (Fsp3) is 0.161. The molecule has 5 nitrogen and oxygen atoms in total. The van der Waals surface area contributed by atoms with Crippen LogP contribution in [-0.4, -0.2) is 29.8 Å². The van der Waals surface area contributed by atoms with Gasteiger partial charge in [-0.25, -0.2) is 9.59 Å². The molecule has 4 aromatic rings. The summed E-state index contributed by atoms with van der Waals surface area (Å²) in [5.41, 5.74) is 5.28. The lowest BCUT2D eigenvalue weighted by Crippen LogP contribution is -2.42. The Kier molecular flexibility index (Phi) is 7.11. The van der Waals surface area contributed by atoms with Gasteiger partial charge in [-0.05, 0) is 51.1 Å². The van der Waals surface area contributed by atoms with Crippen molar-refractivity contribution in [2.24, 2.45) is 0 Å². The quantitative estimate of drug-likeness (QED) is 0.272. The molecule has 39 heavy (non-hydrogen) atoms. The van der Waals surface area contributed by atoms with Crippen LogP contribution in [0, 0.1) is 0 Å². The maximum absolute atomic E-state index is 12.9. The number of alkyl carbamates (subject to hydrolysis) is 1. The van der Waals surface area contributed by atoms with Gasteiger partial charge in [-0.3, -0.25) is 0 Å². The standard InChI is InChI=1S/C31H24F3NO4/c32-31(33,34)22-14-12-20(13-15-22)21-7-5-6-19(16-21)17-28(29(36)37)35-30(38)39-18-27-25-10-3-1-8-23(25)24-9-2-4-11-26(24)27/h1-16,27-28H,17-18H2,(H,35,38)(H,36,37). The van der Waals surface area contributed by atoms with Gasteiger partial charge < -0.3 is 15.2 Å². The molecule has 1 unspecified atom stereocenters. The Morgan fingerprint density at radius 1 is 0.821 bits per heavy atom. The van der Waals surface area contributed by atoms with E-state index < -0.39 is 29.8 Å². The van der Waals surface area contributed by atoms with Crippen molar-refractivity contribution < 1.29 is 32.6 Å². The largest absolute Gasteiger partial charge is 0.480 e. The summed E-state index contributed by atoms with van der Waals surface area (Å²) >= 11 is 0. The van der Waals surface area contributed by atoms with E-state index in [4.69, 9.17) is 4.74 Å². The van der Waals surface area contributed by atoms with Gasteiger partial charge in [0.25, 0.3) is 0 Å². The molecule has 0 aliphatic heterocycles. The second kappa shape index (κ2) is 10.6. The summed E-state index contributed by atoms with van der Waals surface area (Å²) in [5, 5.41) is 12.2. The number of aliphatic carboxylic acids is 1. The van der Waals surface area contributed by atoms with E-state index in [9.17, 15) is 27.9 Å². The molecule has 0 saturated carbocycles. The van der Waals surface area contributed by atoms with Gasteiger partial charge in [-0.1, -0.05) is 84.9 Å². The van der Waals surface area contributed by atoms with E-state index in [0.29, 0.717) is 16.7 Å². The number of ether oxygens (including phenoxy) is 1. The molecule has 1 aliphatic rings. The number of nitrogens with one attached hydrogen (secondary N) is 1. The topological polar surface area (TPSA) is 75.6 Å². The van der Waals surface area contributed by atoms with E-state index in [2.05, 4.69) is 5.32 Å². The van der Waals surface area contributed by atoms with Gasteiger partial charge in [-0.15, -0.1) is 0 Å². The van der Waals surface area contributed by atoms with Gasteiger partial charge in [0.05, 0.1) is 5.56 Å². The summed E-state index contributed by atoms with van der Waals surface area (Å²) in [6.07, 6.45) is -5.31. The third-order valence-electron chi connectivity index (χ3n) is 6.85. The lowest BCUT2D eigenvalue weighted by molar-refractivity contribution is -0.139. The minimum atomic E-state index is -4.43. The van der Waals surface area contributed by atoms with Crippen LogP contribution in [0.4, 0.5) is 18.0 Å². The summed E-state index contributed by atoms with van der Waals surface area (Å²) in [5.74, 6) is -1.39. The highest BCUT2D eigenvalue weighted by Crippen LogP contribution is 2.44. The number of carboxylic acid groups (broad SMARTS) is 1. The van der Waals surface area contributed by atoms with E-state index in [0.717, 1.165) is 34.4 Å². The van der Waals surface area contributed by atoms with E-state index in [1.165, 1.54) is 12.1 Å². The Balaban J connectivity index is 1.25. The predicted molar refractivity (Wildman–Crippen MR) is 140 cm³/mol. The van der Waals surface area contributed by atoms with Crippen molar-refractivity contribution in [1.82, 2.24) is 5.32 Å². The molecular weight excluding hydrogens is 507 g/mol. The third kappa shape index (κ3) is 5.65. The second-order valence-electron chi connectivity index (χ2n) is 9.34. The van der Waals surface area contributed by atoms with Gasteiger partial charge in [0.1, 0.15) is 12.6 Å². The molecule has 198 valence electrons. The molecule has 1 aliphatic carbocycles. The number of rotatable bonds is 7. The SMILES string of the molecule is O=C(NC(Cc1cccc(-c2ccc(C(F)(F)F)cc2)c1)C(=O)O)OCC1c2ccccc2-c2ccccc21. The fourth-order valence-corrected chi connectivity index (χ4v) is 4.95. The molecule has 5 rings (SSSR count). The summed E-state index contributed by atoms with van der Waals surface area (Å²) in [7, 11) is 0. The zero-order chi connectivity index (χ0) is 27.6. The molecule has 0 aromatic heterocycles. The lowest BCUT2D eigenvalue weighted by atomic mass is 9.98. The molecule has 4 aromatic carbocycles. The summed E-state index contributed by atoms with van der Waals surface area (Å²) in [6.45, 7) is 0.0512. The van der Waals surface area contributed by atoms with E-state index in [1.54, 1.807) is 24.3 Å². The molecule has 0 saturated heterocycles. The van der Waals surface area contributed by atoms with Crippen molar-refractivity contribution in [3.8, 4) is 22.3 Å². The number of alkyl halides is 3. The number of fused-ring (bicyclic) bond motifs is 3. The van der Waals surface area contributed by atoms with Gasteiger partial charge >= 0.3 is 18.2 Å². The summed E-state index contributed by atoms with van der Waals surface area (Å²) in [4.78, 5) is 24.6. The van der Waals surface area contributed by atoms with Gasteiger partial charge in [0.15, 0.2) is 0 Å². The van der Waals surface area contributed by atoms with Crippen LogP contribution in [0.1, 0.15) is 28.2 Å². The predicted octanol–water partition coefficient (Wildman–Crippen LogP) is 6.91. The van der Waals surface area contributed by atoms with E-state index in [-0.39, 0.29) is 18.9 Å². The Morgan fingerprint density at radius 3 is 2.03 bits per heavy atom. The minimum absolute atomic E-state index is 0.0337. The molecular formula is C31H24F3NO4. The highest BCUT2D eigenvalue weighted by Gasteiger charge is 2.31. The Labute approximate surface area is 222 Å². The zero-order valence-corrected chi connectivity index (χ0v) is 20.6. The summed E-state index contributed by atoms with van der Waals surface area (Å²) in [6, 6.07) is 26.1. The molecule has 0 radical (unpaired) electrons. The number of hydrogen-bond donors (Lipinski definition) is 2. The number of carboxylic acids is 1. The molecule has 0 heterocycles. The third-order valence-corrected chi connectivity index (χ3v) is 6.85. The first-order chi connectivity index (χ1) is 18.7. The number of hydrogen-bond acceptors (Lipinski definition) is 3. The monoisotopic (exact) mass is 531 g/mol. The van der Waals surface area contributed by atoms with Crippen LogP contribution in [0.3, 0.4) is 0 Å². The minimum Gasteiger partial charge on any atom is -0.480 e. The smallest absolute Gasteiger partial charge is 0.416 e. The van der Waals surface area contributed by atoms with Gasteiger partial charge in [0, 0.05) is 12.3 Å². The zero-order valence-electron chi connectivity index (χ0n) is 20.6. The lowest BCUT2D eigenvalue weighted by Gasteiger charge is -2.18. The van der Waals surface area contributed by atoms with Gasteiger partial charge in [-0.2, -0.15) is 13.2 Å². The number of halogens is 3. The molecule has 0 fully saturated rings. The molecule has 0 spiro atoms. The second-order valence-corrected chi connectivity index (χ2v) is 9.34. The molecule has 1 atom stereocenters. The van der Waals surface area contributed by atoms with Crippen LogP contribution in [0.25, 0.3) is 22.3 Å². The maximum atomic E-state index is 12.9. The highest BCUT2D eigenvalue weighted by molar-refractivity contribution is 5.81. The fourth-order valence-electron chi connectivity index (χ4n) is 4.95. The van der Waals surface area contributed by atoms with Crippen molar-refractivity contribution in [3.63, 3.8) is 0 Å². The van der Waals surface area contributed by atoms with Crippen LogP contribution in [0.5, 0.6) is 0 Å². The first kappa shape index (κ1) is 26.0.